The van der Waals surface area contributed by atoms with Crippen molar-refractivity contribution in [1.82, 2.24) is 10.2 Å². The number of hydrogen-bond donors (Lipinski definition) is 2. The van der Waals surface area contributed by atoms with Crippen LogP contribution in [0.1, 0.15) is 40.0 Å². The van der Waals surface area contributed by atoms with Crippen LogP contribution in [0.3, 0.4) is 0 Å². The van der Waals surface area contributed by atoms with Gasteiger partial charge in [0.2, 0.25) is 5.91 Å². The molecule has 0 saturated carbocycles. The highest BCUT2D eigenvalue weighted by Gasteiger charge is 2.35. The molecule has 0 aromatic rings. The molecule has 1 aliphatic heterocycles. The monoisotopic (exact) mass is 241 g/mol. The second kappa shape index (κ2) is 6.97. The maximum atomic E-state index is 12.0. The van der Waals surface area contributed by atoms with Gasteiger partial charge in [0, 0.05) is 19.1 Å². The molecule has 0 radical (unpaired) electrons. The summed E-state index contributed by atoms with van der Waals surface area (Å²) in [6.07, 6.45) is 3.31. The van der Waals surface area contributed by atoms with E-state index in [1.807, 2.05) is 6.92 Å². The normalized spacial score (nSPS) is 27.1. The molecule has 17 heavy (non-hydrogen) atoms. The Morgan fingerprint density at radius 3 is 2.88 bits per heavy atom. The van der Waals surface area contributed by atoms with Crippen LogP contribution in [0, 0.1) is 5.92 Å². The molecule has 1 rings (SSSR count). The quantitative estimate of drug-likeness (QED) is 0.681. The fourth-order valence-corrected chi connectivity index (χ4v) is 2.57. The lowest BCUT2D eigenvalue weighted by Gasteiger charge is -2.30. The highest BCUT2D eigenvalue weighted by atomic mass is 16.2. The number of carbonyl (C=O) groups excluding carboxylic acids is 1. The molecule has 3 atom stereocenters. The smallest absolute Gasteiger partial charge is 0.237 e. The zero-order chi connectivity index (χ0) is 12.8. The Morgan fingerprint density at radius 1 is 1.59 bits per heavy atom. The topological polar surface area (TPSA) is 58.4 Å². The summed E-state index contributed by atoms with van der Waals surface area (Å²) in [5.74, 6) is 0.747. The van der Waals surface area contributed by atoms with Gasteiger partial charge in [0.1, 0.15) is 0 Å². The minimum Gasteiger partial charge on any atom is -0.355 e. The minimum absolute atomic E-state index is 0.0506. The average molecular weight is 241 g/mol. The molecular formula is C13H27N3O. The Labute approximate surface area is 105 Å². The van der Waals surface area contributed by atoms with E-state index in [1.54, 1.807) is 0 Å². The van der Waals surface area contributed by atoms with Crippen LogP contribution < -0.4 is 11.1 Å². The first-order valence-corrected chi connectivity index (χ1v) is 6.85. The summed E-state index contributed by atoms with van der Waals surface area (Å²) in [4.78, 5) is 14.2. The van der Waals surface area contributed by atoms with Gasteiger partial charge in [-0.2, -0.15) is 0 Å². The predicted molar refractivity (Wildman–Crippen MR) is 70.7 cm³/mol. The highest BCUT2D eigenvalue weighted by Crippen LogP contribution is 2.25. The first kappa shape index (κ1) is 14.5. The molecule has 0 spiro atoms. The van der Waals surface area contributed by atoms with Crippen molar-refractivity contribution in [2.24, 2.45) is 11.7 Å². The van der Waals surface area contributed by atoms with Gasteiger partial charge in [-0.05, 0) is 32.2 Å². The number of hydrogen-bond acceptors (Lipinski definition) is 3. The molecular weight excluding hydrogens is 214 g/mol. The van der Waals surface area contributed by atoms with E-state index in [-0.39, 0.29) is 11.9 Å². The number of unbranched alkanes of at least 4 members (excludes halogenated alkanes) is 1. The molecule has 100 valence electrons. The predicted octanol–water partition coefficient (Wildman–Crippen LogP) is 0.960. The third-order valence-electron chi connectivity index (χ3n) is 3.87. The van der Waals surface area contributed by atoms with Gasteiger partial charge >= 0.3 is 0 Å². The summed E-state index contributed by atoms with van der Waals surface area (Å²) in [5, 5.41) is 3.00. The second-order valence-electron chi connectivity index (χ2n) is 5.13. The van der Waals surface area contributed by atoms with E-state index >= 15 is 0 Å². The summed E-state index contributed by atoms with van der Waals surface area (Å²) in [7, 11) is 0. The van der Waals surface area contributed by atoms with Crippen LogP contribution in [0.25, 0.3) is 0 Å². The molecule has 1 aliphatic rings. The SMILES string of the molecule is CCCCNC(=O)C(C)N1CCC(C)C1CN. The number of rotatable bonds is 6. The van der Waals surface area contributed by atoms with E-state index in [1.165, 1.54) is 0 Å². The maximum absolute atomic E-state index is 12.0. The number of likely N-dealkylation sites (tertiary alicyclic amines) is 1. The van der Waals surface area contributed by atoms with Crippen molar-refractivity contribution in [1.29, 1.82) is 0 Å². The van der Waals surface area contributed by atoms with Crippen LogP contribution >= 0.6 is 0 Å². The third kappa shape index (κ3) is 3.68. The molecule has 4 nitrogen and oxygen atoms in total. The first-order chi connectivity index (χ1) is 8.11. The summed E-state index contributed by atoms with van der Waals surface area (Å²) < 4.78 is 0. The van der Waals surface area contributed by atoms with Crippen molar-refractivity contribution in [2.75, 3.05) is 19.6 Å². The lowest BCUT2D eigenvalue weighted by Crippen LogP contribution is -2.50. The number of carbonyl (C=O) groups is 1. The highest BCUT2D eigenvalue weighted by molar-refractivity contribution is 5.81. The van der Waals surface area contributed by atoms with Gasteiger partial charge in [-0.1, -0.05) is 20.3 Å². The largest absolute Gasteiger partial charge is 0.355 e. The molecule has 1 fully saturated rings. The Kier molecular flexibility index (Phi) is 5.92. The van der Waals surface area contributed by atoms with Crippen LogP contribution in [0.4, 0.5) is 0 Å². The van der Waals surface area contributed by atoms with Crippen molar-refractivity contribution in [3.63, 3.8) is 0 Å². The van der Waals surface area contributed by atoms with E-state index in [0.717, 1.165) is 32.4 Å². The van der Waals surface area contributed by atoms with E-state index < -0.39 is 0 Å². The molecule has 0 bridgehead atoms. The molecule has 3 unspecified atom stereocenters. The summed E-state index contributed by atoms with van der Waals surface area (Å²) >= 11 is 0. The van der Waals surface area contributed by atoms with Crippen molar-refractivity contribution >= 4 is 5.91 Å². The Balaban J connectivity index is 2.45. The van der Waals surface area contributed by atoms with Crippen molar-refractivity contribution in [2.45, 2.75) is 52.1 Å². The Morgan fingerprint density at radius 2 is 2.29 bits per heavy atom. The van der Waals surface area contributed by atoms with Crippen LogP contribution in [0.2, 0.25) is 0 Å². The van der Waals surface area contributed by atoms with E-state index in [2.05, 4.69) is 24.1 Å². The summed E-state index contributed by atoms with van der Waals surface area (Å²) in [5.41, 5.74) is 5.80. The zero-order valence-electron chi connectivity index (χ0n) is 11.4. The van der Waals surface area contributed by atoms with E-state index in [9.17, 15) is 4.79 Å². The minimum atomic E-state index is -0.0506. The molecule has 0 aliphatic carbocycles. The van der Waals surface area contributed by atoms with Gasteiger partial charge in [0.25, 0.3) is 0 Å². The molecule has 0 aromatic heterocycles. The Bertz CT molecular complexity index is 245. The Hall–Kier alpha value is -0.610. The molecule has 1 heterocycles. The average Bonchev–Trinajstić information content (AvgIpc) is 2.69. The second-order valence-corrected chi connectivity index (χ2v) is 5.13. The third-order valence-corrected chi connectivity index (χ3v) is 3.87. The molecule has 0 aromatic carbocycles. The number of nitrogens with one attached hydrogen (secondary N) is 1. The fourth-order valence-electron chi connectivity index (χ4n) is 2.57. The van der Waals surface area contributed by atoms with Crippen LogP contribution in [-0.2, 0) is 4.79 Å². The van der Waals surface area contributed by atoms with Gasteiger partial charge in [-0.3, -0.25) is 9.69 Å². The van der Waals surface area contributed by atoms with Crippen molar-refractivity contribution in [3.8, 4) is 0 Å². The van der Waals surface area contributed by atoms with Gasteiger partial charge in [0.05, 0.1) is 6.04 Å². The van der Waals surface area contributed by atoms with E-state index in [0.29, 0.717) is 18.5 Å². The first-order valence-electron chi connectivity index (χ1n) is 6.85. The standard InChI is InChI=1S/C13H27N3O/c1-4-5-7-15-13(17)11(3)16-8-6-10(2)12(16)9-14/h10-12H,4-9,14H2,1-3H3,(H,15,17). The van der Waals surface area contributed by atoms with Crippen LogP contribution in [0.15, 0.2) is 0 Å². The number of amides is 1. The zero-order valence-corrected chi connectivity index (χ0v) is 11.4. The number of nitrogens with zero attached hydrogens (tertiary/aromatic N) is 1. The fraction of sp³-hybridized carbons (Fsp3) is 0.923. The number of nitrogens with two attached hydrogens (primary N) is 1. The van der Waals surface area contributed by atoms with Crippen LogP contribution in [-0.4, -0.2) is 42.5 Å². The lowest BCUT2D eigenvalue weighted by molar-refractivity contribution is -0.126. The van der Waals surface area contributed by atoms with Crippen molar-refractivity contribution < 1.29 is 4.79 Å². The molecule has 3 N–H and O–H groups in total. The van der Waals surface area contributed by atoms with Gasteiger partial charge in [0.15, 0.2) is 0 Å². The van der Waals surface area contributed by atoms with Gasteiger partial charge < -0.3 is 11.1 Å². The molecule has 1 amide bonds. The summed E-state index contributed by atoms with van der Waals surface area (Å²) in [6, 6.07) is 0.312. The van der Waals surface area contributed by atoms with Crippen molar-refractivity contribution in [3.05, 3.63) is 0 Å². The molecule has 1 saturated heterocycles. The lowest BCUT2D eigenvalue weighted by atomic mass is 10.0. The van der Waals surface area contributed by atoms with Gasteiger partial charge in [-0.15, -0.1) is 0 Å². The maximum Gasteiger partial charge on any atom is 0.237 e. The van der Waals surface area contributed by atoms with E-state index in [4.69, 9.17) is 5.73 Å². The summed E-state index contributed by atoms with van der Waals surface area (Å²) in [6.45, 7) is 8.76. The molecule has 4 heteroatoms. The van der Waals surface area contributed by atoms with Crippen LogP contribution in [0.5, 0.6) is 0 Å². The van der Waals surface area contributed by atoms with Gasteiger partial charge in [-0.25, -0.2) is 0 Å².